The van der Waals surface area contributed by atoms with E-state index in [1.54, 1.807) is 54.6 Å². The standard InChI is InChI=1S/C22H18N2O5S/c25-17(20-5-2-10-30-20)7-9-21(26)23-15-3-1-4-16(12-15)24-22(27)14-6-8-18-19(11-14)29-13-28-18/h1-6,8,10-12H,7,9,13H2,(H,23,26)(H,24,27). The summed E-state index contributed by atoms with van der Waals surface area (Å²) in [5.74, 6) is 0.511. The molecule has 4 rings (SSSR count). The first kappa shape index (κ1) is 19.7. The number of nitrogens with one attached hydrogen (secondary N) is 2. The third-order valence-corrected chi connectivity index (χ3v) is 5.32. The summed E-state index contributed by atoms with van der Waals surface area (Å²) in [5, 5.41) is 7.38. The lowest BCUT2D eigenvalue weighted by molar-refractivity contribution is -0.116. The molecule has 30 heavy (non-hydrogen) atoms. The Labute approximate surface area is 176 Å². The van der Waals surface area contributed by atoms with Crippen molar-refractivity contribution in [3.63, 3.8) is 0 Å². The Morgan fingerprint density at radius 3 is 2.47 bits per heavy atom. The van der Waals surface area contributed by atoms with Gasteiger partial charge in [-0.1, -0.05) is 12.1 Å². The maximum atomic E-state index is 12.5. The maximum absolute atomic E-state index is 12.5. The second-order valence-corrected chi connectivity index (χ2v) is 7.50. The number of carbonyl (C=O) groups is 3. The van der Waals surface area contributed by atoms with Gasteiger partial charge < -0.3 is 20.1 Å². The van der Waals surface area contributed by atoms with Gasteiger partial charge in [0.2, 0.25) is 12.7 Å². The van der Waals surface area contributed by atoms with Crippen LogP contribution in [0.4, 0.5) is 11.4 Å². The molecule has 7 nitrogen and oxygen atoms in total. The topological polar surface area (TPSA) is 93.7 Å². The minimum atomic E-state index is -0.307. The number of benzene rings is 2. The van der Waals surface area contributed by atoms with Crippen molar-refractivity contribution in [1.29, 1.82) is 0 Å². The van der Waals surface area contributed by atoms with Crippen molar-refractivity contribution >= 4 is 40.3 Å². The highest BCUT2D eigenvalue weighted by atomic mass is 32.1. The molecule has 0 unspecified atom stereocenters. The van der Waals surface area contributed by atoms with Crippen molar-refractivity contribution in [3.05, 3.63) is 70.4 Å². The minimum Gasteiger partial charge on any atom is -0.454 e. The largest absolute Gasteiger partial charge is 0.454 e. The fourth-order valence-electron chi connectivity index (χ4n) is 2.93. The zero-order valence-electron chi connectivity index (χ0n) is 15.8. The Hall–Kier alpha value is -3.65. The van der Waals surface area contributed by atoms with Crippen LogP contribution in [-0.2, 0) is 4.79 Å². The van der Waals surface area contributed by atoms with Crippen molar-refractivity contribution in [1.82, 2.24) is 0 Å². The Bertz CT molecular complexity index is 1090. The zero-order valence-corrected chi connectivity index (χ0v) is 16.7. The minimum absolute atomic E-state index is 0.0510. The van der Waals surface area contributed by atoms with Crippen LogP contribution >= 0.6 is 11.3 Å². The lowest BCUT2D eigenvalue weighted by Gasteiger charge is -2.09. The normalized spacial score (nSPS) is 11.7. The third-order valence-electron chi connectivity index (χ3n) is 4.41. The number of amides is 2. The number of carbonyl (C=O) groups excluding carboxylic acids is 3. The Kier molecular flexibility index (Phi) is 5.76. The van der Waals surface area contributed by atoms with Gasteiger partial charge in [0.1, 0.15) is 0 Å². The summed E-state index contributed by atoms with van der Waals surface area (Å²) in [7, 11) is 0. The van der Waals surface area contributed by atoms with Gasteiger partial charge in [-0.05, 0) is 47.8 Å². The van der Waals surface area contributed by atoms with Crippen molar-refractivity contribution in [2.75, 3.05) is 17.4 Å². The van der Waals surface area contributed by atoms with Gasteiger partial charge in [-0.25, -0.2) is 0 Å². The van der Waals surface area contributed by atoms with E-state index in [-0.39, 0.29) is 37.2 Å². The maximum Gasteiger partial charge on any atom is 0.255 e. The highest BCUT2D eigenvalue weighted by Gasteiger charge is 2.16. The average molecular weight is 422 g/mol. The molecule has 2 heterocycles. The van der Waals surface area contributed by atoms with E-state index in [1.807, 2.05) is 5.38 Å². The molecule has 1 aliphatic rings. The van der Waals surface area contributed by atoms with Gasteiger partial charge in [-0.3, -0.25) is 14.4 Å². The van der Waals surface area contributed by atoms with Crippen LogP contribution in [0.3, 0.4) is 0 Å². The van der Waals surface area contributed by atoms with Gasteiger partial charge in [0, 0.05) is 29.8 Å². The molecule has 0 fully saturated rings. The molecule has 0 saturated heterocycles. The first-order chi connectivity index (χ1) is 14.6. The van der Waals surface area contributed by atoms with Crippen LogP contribution in [0.15, 0.2) is 60.0 Å². The number of ether oxygens (including phenoxy) is 2. The Balaban J connectivity index is 1.33. The lowest BCUT2D eigenvalue weighted by Crippen LogP contribution is -2.14. The van der Waals surface area contributed by atoms with Crippen LogP contribution in [0.5, 0.6) is 11.5 Å². The smallest absolute Gasteiger partial charge is 0.255 e. The molecule has 1 aromatic heterocycles. The second-order valence-electron chi connectivity index (χ2n) is 6.55. The van der Waals surface area contributed by atoms with Crippen LogP contribution in [0.2, 0.25) is 0 Å². The predicted octanol–water partition coefficient (Wildman–Crippen LogP) is 4.33. The molecular formula is C22H18N2O5S. The number of fused-ring (bicyclic) bond motifs is 1. The average Bonchev–Trinajstić information content (AvgIpc) is 3.43. The SMILES string of the molecule is O=C(CCC(=O)c1cccs1)Nc1cccc(NC(=O)c2ccc3c(c2)OCO3)c1. The van der Waals surface area contributed by atoms with Gasteiger partial charge in [-0.2, -0.15) is 0 Å². The molecule has 3 aromatic rings. The van der Waals surface area contributed by atoms with E-state index in [9.17, 15) is 14.4 Å². The number of hydrogen-bond donors (Lipinski definition) is 2. The summed E-state index contributed by atoms with van der Waals surface area (Å²) in [6.07, 6.45) is 0.234. The molecule has 0 aliphatic carbocycles. The van der Waals surface area contributed by atoms with Crippen LogP contribution in [0, 0.1) is 0 Å². The molecular weight excluding hydrogens is 404 g/mol. The molecule has 0 saturated carbocycles. The van der Waals surface area contributed by atoms with Crippen molar-refractivity contribution in [3.8, 4) is 11.5 Å². The molecule has 152 valence electrons. The van der Waals surface area contributed by atoms with E-state index in [2.05, 4.69) is 10.6 Å². The van der Waals surface area contributed by atoms with E-state index in [1.165, 1.54) is 11.3 Å². The van der Waals surface area contributed by atoms with E-state index in [4.69, 9.17) is 9.47 Å². The number of rotatable bonds is 7. The van der Waals surface area contributed by atoms with Gasteiger partial charge in [0.25, 0.3) is 5.91 Å². The predicted molar refractivity (Wildman–Crippen MR) is 113 cm³/mol. The van der Waals surface area contributed by atoms with Gasteiger partial charge in [0.05, 0.1) is 4.88 Å². The van der Waals surface area contributed by atoms with E-state index >= 15 is 0 Å². The Morgan fingerprint density at radius 1 is 0.867 bits per heavy atom. The van der Waals surface area contributed by atoms with Gasteiger partial charge in [0.15, 0.2) is 17.3 Å². The van der Waals surface area contributed by atoms with E-state index in [0.717, 1.165) is 0 Å². The summed E-state index contributed by atoms with van der Waals surface area (Å²) in [5.41, 5.74) is 1.50. The number of anilines is 2. The van der Waals surface area contributed by atoms with Crippen LogP contribution in [0.25, 0.3) is 0 Å². The molecule has 2 N–H and O–H groups in total. The number of Topliss-reactive ketones (excluding diaryl/α,β-unsaturated/α-hetero) is 1. The zero-order chi connectivity index (χ0) is 20.9. The van der Waals surface area contributed by atoms with Gasteiger partial charge in [-0.15, -0.1) is 11.3 Å². The van der Waals surface area contributed by atoms with E-state index in [0.29, 0.717) is 33.3 Å². The highest BCUT2D eigenvalue weighted by Crippen LogP contribution is 2.32. The van der Waals surface area contributed by atoms with Crippen molar-refractivity contribution in [2.24, 2.45) is 0 Å². The molecule has 0 spiro atoms. The molecule has 2 aromatic carbocycles. The monoisotopic (exact) mass is 422 g/mol. The van der Waals surface area contributed by atoms with Crippen molar-refractivity contribution in [2.45, 2.75) is 12.8 Å². The van der Waals surface area contributed by atoms with Crippen molar-refractivity contribution < 1.29 is 23.9 Å². The molecule has 0 atom stereocenters. The fraction of sp³-hybridized carbons (Fsp3) is 0.136. The van der Waals surface area contributed by atoms with Crippen LogP contribution in [-0.4, -0.2) is 24.4 Å². The molecule has 0 bridgehead atoms. The molecule has 8 heteroatoms. The number of thiophene rings is 1. The quantitative estimate of drug-likeness (QED) is 0.553. The summed E-state index contributed by atoms with van der Waals surface area (Å²) in [6, 6.07) is 15.3. The molecule has 0 radical (unpaired) electrons. The summed E-state index contributed by atoms with van der Waals surface area (Å²) in [4.78, 5) is 37.3. The van der Waals surface area contributed by atoms with Crippen LogP contribution < -0.4 is 20.1 Å². The summed E-state index contributed by atoms with van der Waals surface area (Å²) >= 11 is 1.36. The van der Waals surface area contributed by atoms with Crippen LogP contribution in [0.1, 0.15) is 32.9 Å². The third kappa shape index (κ3) is 4.66. The first-order valence-electron chi connectivity index (χ1n) is 9.26. The molecule has 2 amide bonds. The molecule has 1 aliphatic heterocycles. The number of ketones is 1. The lowest BCUT2D eigenvalue weighted by atomic mass is 10.1. The second kappa shape index (κ2) is 8.79. The Morgan fingerprint density at radius 2 is 1.67 bits per heavy atom. The first-order valence-corrected chi connectivity index (χ1v) is 10.1. The summed E-state index contributed by atoms with van der Waals surface area (Å²) < 4.78 is 10.5. The summed E-state index contributed by atoms with van der Waals surface area (Å²) in [6.45, 7) is 0.140. The fourth-order valence-corrected chi connectivity index (χ4v) is 3.62. The highest BCUT2D eigenvalue weighted by molar-refractivity contribution is 7.12. The van der Waals surface area contributed by atoms with Gasteiger partial charge >= 0.3 is 0 Å². The van der Waals surface area contributed by atoms with E-state index < -0.39 is 0 Å². The number of hydrogen-bond acceptors (Lipinski definition) is 6.